The quantitative estimate of drug-likeness (QED) is 0.815. The maximum atomic E-state index is 12.4. The van der Waals surface area contributed by atoms with Crippen LogP contribution >= 0.6 is 0 Å². The van der Waals surface area contributed by atoms with Gasteiger partial charge in [-0.1, -0.05) is 38.0 Å². The summed E-state index contributed by atoms with van der Waals surface area (Å²) in [6.45, 7) is 2.71. The lowest BCUT2D eigenvalue weighted by atomic mass is 10.0. The van der Waals surface area contributed by atoms with Crippen molar-refractivity contribution < 1.29 is 8.95 Å². The molecule has 3 unspecified atom stereocenters. The standard InChI is InChI=1S/C15H23NO2S/c1-3-4-7-10-19(17)14-11-18-13-9-6-5-8-12(13)15(14)16-2/h5-6,8-9,14-16H,3-4,7,10-11H2,1-2H3. The Bertz CT molecular complexity index is 436. The van der Waals surface area contributed by atoms with E-state index in [9.17, 15) is 4.21 Å². The highest BCUT2D eigenvalue weighted by Crippen LogP contribution is 2.33. The summed E-state index contributed by atoms with van der Waals surface area (Å²) in [6, 6.07) is 8.16. The number of hydrogen-bond donors (Lipinski definition) is 1. The van der Waals surface area contributed by atoms with Crippen LogP contribution in [0.2, 0.25) is 0 Å². The number of fused-ring (bicyclic) bond motifs is 1. The van der Waals surface area contributed by atoms with E-state index in [4.69, 9.17) is 4.74 Å². The summed E-state index contributed by atoms with van der Waals surface area (Å²) in [5, 5.41) is 3.36. The van der Waals surface area contributed by atoms with Crippen LogP contribution in [0, 0.1) is 0 Å². The van der Waals surface area contributed by atoms with E-state index in [1.54, 1.807) is 0 Å². The highest BCUT2D eigenvalue weighted by Gasteiger charge is 2.33. The SMILES string of the molecule is CCCCCS(=O)C1COc2ccccc2C1NC. The minimum atomic E-state index is -0.833. The number of nitrogens with one attached hydrogen (secondary N) is 1. The molecule has 0 spiro atoms. The molecule has 0 radical (unpaired) electrons. The smallest absolute Gasteiger partial charge is 0.124 e. The lowest BCUT2D eigenvalue weighted by molar-refractivity contribution is 0.262. The van der Waals surface area contributed by atoms with Crippen LogP contribution in [0.4, 0.5) is 0 Å². The molecule has 0 saturated carbocycles. The van der Waals surface area contributed by atoms with Gasteiger partial charge >= 0.3 is 0 Å². The highest BCUT2D eigenvalue weighted by atomic mass is 32.2. The Balaban J connectivity index is 2.09. The highest BCUT2D eigenvalue weighted by molar-refractivity contribution is 7.85. The third-order valence-corrected chi connectivity index (χ3v) is 5.40. The number of hydrogen-bond acceptors (Lipinski definition) is 3. The largest absolute Gasteiger partial charge is 0.492 e. The molecule has 0 amide bonds. The van der Waals surface area contributed by atoms with Crippen LogP contribution in [0.15, 0.2) is 24.3 Å². The van der Waals surface area contributed by atoms with Crippen molar-refractivity contribution in [3.8, 4) is 5.75 Å². The fourth-order valence-electron chi connectivity index (χ4n) is 2.55. The fraction of sp³-hybridized carbons (Fsp3) is 0.600. The number of ether oxygens (including phenoxy) is 1. The molecule has 0 saturated heterocycles. The van der Waals surface area contributed by atoms with Crippen molar-refractivity contribution in [3.63, 3.8) is 0 Å². The summed E-state index contributed by atoms with van der Waals surface area (Å²) < 4.78 is 18.2. The summed E-state index contributed by atoms with van der Waals surface area (Å²) in [5.41, 5.74) is 1.13. The van der Waals surface area contributed by atoms with E-state index < -0.39 is 10.8 Å². The normalized spacial score (nSPS) is 23.5. The van der Waals surface area contributed by atoms with Crippen molar-refractivity contribution in [2.75, 3.05) is 19.4 Å². The molecule has 0 fully saturated rings. The Morgan fingerprint density at radius 1 is 1.37 bits per heavy atom. The average Bonchev–Trinajstić information content (AvgIpc) is 2.46. The van der Waals surface area contributed by atoms with Crippen LogP contribution in [-0.4, -0.2) is 28.9 Å². The maximum absolute atomic E-state index is 12.4. The minimum Gasteiger partial charge on any atom is -0.492 e. The molecule has 1 aliphatic rings. The van der Waals surface area contributed by atoms with Crippen LogP contribution in [-0.2, 0) is 10.8 Å². The van der Waals surface area contributed by atoms with Gasteiger partial charge in [-0.2, -0.15) is 0 Å². The van der Waals surface area contributed by atoms with E-state index in [0.29, 0.717) is 6.61 Å². The zero-order chi connectivity index (χ0) is 13.7. The van der Waals surface area contributed by atoms with Crippen LogP contribution in [0.25, 0.3) is 0 Å². The second-order valence-corrected chi connectivity index (χ2v) is 6.72. The lowest BCUT2D eigenvalue weighted by Gasteiger charge is -2.32. The molecule has 2 rings (SSSR count). The minimum absolute atomic E-state index is 0.0526. The Hall–Kier alpha value is -0.870. The molecule has 1 aromatic rings. The van der Waals surface area contributed by atoms with Gasteiger partial charge in [0.25, 0.3) is 0 Å². The van der Waals surface area contributed by atoms with Gasteiger partial charge in [-0.05, 0) is 19.5 Å². The predicted octanol–water partition coefficient (Wildman–Crippen LogP) is 2.65. The number of benzene rings is 1. The molecule has 3 atom stereocenters. The summed E-state index contributed by atoms with van der Waals surface area (Å²) in [5.74, 6) is 1.70. The number of unbranched alkanes of at least 4 members (excludes halogenated alkanes) is 2. The van der Waals surface area contributed by atoms with Crippen molar-refractivity contribution >= 4 is 10.8 Å². The second-order valence-electron chi connectivity index (χ2n) is 4.95. The zero-order valence-corrected chi connectivity index (χ0v) is 12.5. The Kier molecular flexibility index (Phi) is 5.40. The molecule has 0 bridgehead atoms. The van der Waals surface area contributed by atoms with Gasteiger partial charge in [-0.3, -0.25) is 4.21 Å². The van der Waals surface area contributed by atoms with Crippen LogP contribution < -0.4 is 10.1 Å². The first-order valence-electron chi connectivity index (χ1n) is 7.04. The van der Waals surface area contributed by atoms with E-state index in [1.807, 2.05) is 25.2 Å². The summed E-state index contributed by atoms with van der Waals surface area (Å²) in [6.07, 6.45) is 3.36. The molecule has 4 heteroatoms. The summed E-state index contributed by atoms with van der Waals surface area (Å²) >= 11 is 0. The third-order valence-electron chi connectivity index (χ3n) is 3.63. The van der Waals surface area contributed by atoms with Crippen LogP contribution in [0.1, 0.15) is 37.8 Å². The van der Waals surface area contributed by atoms with Gasteiger partial charge < -0.3 is 10.1 Å². The molecule has 0 aliphatic carbocycles. The zero-order valence-electron chi connectivity index (χ0n) is 11.7. The number of para-hydroxylation sites is 1. The molecule has 19 heavy (non-hydrogen) atoms. The van der Waals surface area contributed by atoms with Crippen LogP contribution in [0.5, 0.6) is 5.75 Å². The monoisotopic (exact) mass is 281 g/mol. The lowest BCUT2D eigenvalue weighted by Crippen LogP contribution is -2.41. The van der Waals surface area contributed by atoms with E-state index in [1.165, 1.54) is 0 Å². The van der Waals surface area contributed by atoms with Gasteiger partial charge in [-0.25, -0.2) is 0 Å². The van der Waals surface area contributed by atoms with Gasteiger partial charge in [0.05, 0.1) is 11.3 Å². The molecular weight excluding hydrogens is 258 g/mol. The first-order chi connectivity index (χ1) is 9.27. The summed E-state index contributed by atoms with van der Waals surface area (Å²) in [4.78, 5) is 0. The van der Waals surface area contributed by atoms with Crippen LogP contribution in [0.3, 0.4) is 0 Å². The van der Waals surface area contributed by atoms with E-state index >= 15 is 0 Å². The van der Waals surface area contributed by atoms with E-state index in [2.05, 4.69) is 18.3 Å². The van der Waals surface area contributed by atoms with Gasteiger partial charge in [0.1, 0.15) is 12.4 Å². The predicted molar refractivity (Wildman–Crippen MR) is 80.1 cm³/mol. The van der Waals surface area contributed by atoms with Crippen molar-refractivity contribution in [2.24, 2.45) is 0 Å². The van der Waals surface area contributed by atoms with E-state index in [-0.39, 0.29) is 11.3 Å². The molecule has 3 nitrogen and oxygen atoms in total. The van der Waals surface area contributed by atoms with Gasteiger partial charge in [0.2, 0.25) is 0 Å². The van der Waals surface area contributed by atoms with Crippen molar-refractivity contribution in [1.29, 1.82) is 0 Å². The average molecular weight is 281 g/mol. The first kappa shape index (κ1) is 14.5. The molecule has 1 heterocycles. The van der Waals surface area contributed by atoms with Crippen molar-refractivity contribution in [2.45, 2.75) is 37.5 Å². The number of rotatable bonds is 6. The van der Waals surface area contributed by atoms with Crippen molar-refractivity contribution in [1.82, 2.24) is 5.32 Å². The molecule has 1 aliphatic heterocycles. The fourth-order valence-corrected chi connectivity index (χ4v) is 4.15. The van der Waals surface area contributed by atoms with Gasteiger partial charge in [-0.15, -0.1) is 0 Å². The molecular formula is C15H23NO2S. The van der Waals surface area contributed by atoms with Gasteiger partial charge in [0.15, 0.2) is 0 Å². The van der Waals surface area contributed by atoms with Gasteiger partial charge in [0, 0.05) is 22.1 Å². The molecule has 106 valence electrons. The Morgan fingerprint density at radius 2 is 2.16 bits per heavy atom. The molecule has 0 aromatic heterocycles. The topological polar surface area (TPSA) is 38.3 Å². The van der Waals surface area contributed by atoms with Crippen molar-refractivity contribution in [3.05, 3.63) is 29.8 Å². The second kappa shape index (κ2) is 7.06. The first-order valence-corrected chi connectivity index (χ1v) is 8.42. The maximum Gasteiger partial charge on any atom is 0.124 e. The molecule has 1 aromatic carbocycles. The Labute approximate surface area is 118 Å². The molecule has 1 N–H and O–H groups in total. The Morgan fingerprint density at radius 3 is 2.89 bits per heavy atom. The third kappa shape index (κ3) is 3.37. The summed E-state index contributed by atoms with van der Waals surface area (Å²) in [7, 11) is 1.10. The van der Waals surface area contributed by atoms with E-state index in [0.717, 1.165) is 36.3 Å².